The van der Waals surface area contributed by atoms with Gasteiger partial charge in [0, 0.05) is 0 Å². The Morgan fingerprint density at radius 2 is 1.94 bits per heavy atom. The van der Waals surface area contributed by atoms with Gasteiger partial charge in [-0.25, -0.2) is 13.1 Å². The van der Waals surface area contributed by atoms with Gasteiger partial charge in [0.1, 0.15) is 5.75 Å². The molecule has 5 nitrogen and oxygen atoms in total. The van der Waals surface area contributed by atoms with Crippen LogP contribution in [0.1, 0.15) is 17.5 Å². The fraction of sp³-hybridized carbons (Fsp3) is 0.500. The number of hydrogen-bond acceptors (Lipinski definition) is 4. The number of rotatable bonds is 6. The molecule has 1 aromatic carbocycles. The Labute approximate surface area is 108 Å². The standard InChI is InChI=1S/C12H20N2O3S/c1-9-8-12(18(15,16)14-3)10(2)7-11(9)17-6-4-5-13/h7-8,14H,4-6,13H2,1-3H3. The van der Waals surface area contributed by atoms with Crippen LogP contribution in [0.5, 0.6) is 5.75 Å². The highest BCUT2D eigenvalue weighted by atomic mass is 32.2. The van der Waals surface area contributed by atoms with Gasteiger partial charge in [0.15, 0.2) is 0 Å². The first kappa shape index (κ1) is 14.9. The summed E-state index contributed by atoms with van der Waals surface area (Å²) in [5.41, 5.74) is 6.85. The maximum absolute atomic E-state index is 11.8. The zero-order valence-corrected chi connectivity index (χ0v) is 11.8. The fourth-order valence-electron chi connectivity index (χ4n) is 1.58. The average Bonchev–Trinajstić information content (AvgIpc) is 2.33. The highest BCUT2D eigenvalue weighted by Gasteiger charge is 2.16. The quantitative estimate of drug-likeness (QED) is 0.755. The second kappa shape index (κ2) is 6.17. The van der Waals surface area contributed by atoms with Crippen molar-refractivity contribution in [1.29, 1.82) is 0 Å². The number of ether oxygens (including phenoxy) is 1. The third kappa shape index (κ3) is 3.44. The number of hydrogen-bond donors (Lipinski definition) is 2. The van der Waals surface area contributed by atoms with Crippen LogP contribution in [0.2, 0.25) is 0 Å². The van der Waals surface area contributed by atoms with Gasteiger partial charge in [0.05, 0.1) is 11.5 Å². The minimum absolute atomic E-state index is 0.286. The fourth-order valence-corrected chi connectivity index (χ4v) is 2.62. The summed E-state index contributed by atoms with van der Waals surface area (Å²) in [6, 6.07) is 3.37. The Morgan fingerprint density at radius 3 is 2.50 bits per heavy atom. The number of benzene rings is 1. The van der Waals surface area contributed by atoms with Gasteiger partial charge in [-0.05, 0) is 57.1 Å². The molecule has 0 radical (unpaired) electrons. The van der Waals surface area contributed by atoms with Crippen molar-refractivity contribution in [1.82, 2.24) is 4.72 Å². The molecule has 0 saturated carbocycles. The van der Waals surface area contributed by atoms with E-state index in [-0.39, 0.29) is 4.90 Å². The summed E-state index contributed by atoms with van der Waals surface area (Å²) in [7, 11) is -2.02. The SMILES string of the molecule is CNS(=O)(=O)c1cc(C)c(OCCCN)cc1C. The molecule has 0 aliphatic rings. The summed E-state index contributed by atoms with van der Waals surface area (Å²) >= 11 is 0. The van der Waals surface area contributed by atoms with Crippen molar-refractivity contribution in [2.75, 3.05) is 20.2 Å². The van der Waals surface area contributed by atoms with Crippen LogP contribution in [0, 0.1) is 13.8 Å². The summed E-state index contributed by atoms with van der Waals surface area (Å²) in [6.07, 6.45) is 0.773. The monoisotopic (exact) mass is 272 g/mol. The lowest BCUT2D eigenvalue weighted by molar-refractivity contribution is 0.311. The molecule has 0 atom stereocenters. The molecule has 0 bridgehead atoms. The lowest BCUT2D eigenvalue weighted by Crippen LogP contribution is -2.20. The van der Waals surface area contributed by atoms with E-state index < -0.39 is 10.0 Å². The Morgan fingerprint density at radius 1 is 1.28 bits per heavy atom. The maximum Gasteiger partial charge on any atom is 0.240 e. The van der Waals surface area contributed by atoms with Crippen LogP contribution in [0.4, 0.5) is 0 Å². The van der Waals surface area contributed by atoms with Crippen LogP contribution in [0.3, 0.4) is 0 Å². The zero-order valence-electron chi connectivity index (χ0n) is 11.0. The topological polar surface area (TPSA) is 81.4 Å². The van der Waals surface area contributed by atoms with Gasteiger partial charge in [-0.1, -0.05) is 0 Å². The maximum atomic E-state index is 11.8. The summed E-state index contributed by atoms with van der Waals surface area (Å²) < 4.78 is 31.4. The molecular formula is C12H20N2O3S. The van der Waals surface area contributed by atoms with E-state index in [2.05, 4.69) is 4.72 Å². The average molecular weight is 272 g/mol. The highest BCUT2D eigenvalue weighted by molar-refractivity contribution is 7.89. The van der Waals surface area contributed by atoms with E-state index in [9.17, 15) is 8.42 Å². The summed E-state index contributed by atoms with van der Waals surface area (Å²) in [5.74, 6) is 0.705. The highest BCUT2D eigenvalue weighted by Crippen LogP contribution is 2.25. The molecule has 102 valence electrons. The van der Waals surface area contributed by atoms with Gasteiger partial charge in [0.25, 0.3) is 0 Å². The number of nitrogens with two attached hydrogens (primary N) is 1. The van der Waals surface area contributed by atoms with Crippen molar-refractivity contribution < 1.29 is 13.2 Å². The predicted molar refractivity (Wildman–Crippen MR) is 71.3 cm³/mol. The Kier molecular flexibility index (Phi) is 5.13. The molecule has 3 N–H and O–H groups in total. The lowest BCUT2D eigenvalue weighted by atomic mass is 10.1. The molecule has 0 aliphatic carbocycles. The largest absolute Gasteiger partial charge is 0.493 e. The van der Waals surface area contributed by atoms with E-state index in [1.165, 1.54) is 7.05 Å². The van der Waals surface area contributed by atoms with Crippen molar-refractivity contribution in [3.05, 3.63) is 23.3 Å². The molecule has 0 aromatic heterocycles. The zero-order chi connectivity index (χ0) is 13.8. The number of aryl methyl sites for hydroxylation is 2. The minimum Gasteiger partial charge on any atom is -0.493 e. The van der Waals surface area contributed by atoms with Crippen molar-refractivity contribution in [2.24, 2.45) is 5.73 Å². The van der Waals surface area contributed by atoms with E-state index >= 15 is 0 Å². The normalized spacial score (nSPS) is 11.6. The van der Waals surface area contributed by atoms with Gasteiger partial charge in [0.2, 0.25) is 10.0 Å². The number of nitrogens with one attached hydrogen (secondary N) is 1. The lowest BCUT2D eigenvalue weighted by Gasteiger charge is -2.13. The van der Waals surface area contributed by atoms with E-state index in [0.29, 0.717) is 24.5 Å². The van der Waals surface area contributed by atoms with Gasteiger partial charge in [-0.3, -0.25) is 0 Å². The summed E-state index contributed by atoms with van der Waals surface area (Å²) in [6.45, 7) is 4.69. The van der Waals surface area contributed by atoms with Gasteiger partial charge >= 0.3 is 0 Å². The van der Waals surface area contributed by atoms with Crippen molar-refractivity contribution >= 4 is 10.0 Å². The first-order valence-corrected chi connectivity index (χ1v) is 7.28. The van der Waals surface area contributed by atoms with Gasteiger partial charge in [-0.15, -0.1) is 0 Å². The first-order valence-electron chi connectivity index (χ1n) is 5.80. The molecule has 0 spiro atoms. The van der Waals surface area contributed by atoms with E-state index in [0.717, 1.165) is 12.0 Å². The number of sulfonamides is 1. The van der Waals surface area contributed by atoms with Crippen molar-refractivity contribution in [3.8, 4) is 5.75 Å². The Balaban J connectivity index is 3.05. The first-order chi connectivity index (χ1) is 8.42. The molecule has 6 heteroatoms. The van der Waals surface area contributed by atoms with Crippen LogP contribution in [-0.2, 0) is 10.0 Å². The molecule has 0 heterocycles. The molecule has 1 rings (SSSR count). The smallest absolute Gasteiger partial charge is 0.240 e. The molecule has 1 aromatic rings. The van der Waals surface area contributed by atoms with Crippen molar-refractivity contribution in [2.45, 2.75) is 25.2 Å². The molecule has 0 unspecified atom stereocenters. The summed E-state index contributed by atoms with van der Waals surface area (Å²) in [5, 5.41) is 0. The molecule has 18 heavy (non-hydrogen) atoms. The molecule has 0 amide bonds. The Hall–Kier alpha value is -1.11. The van der Waals surface area contributed by atoms with Gasteiger partial charge < -0.3 is 10.5 Å². The molecule has 0 saturated heterocycles. The van der Waals surface area contributed by atoms with Gasteiger partial charge in [-0.2, -0.15) is 0 Å². The van der Waals surface area contributed by atoms with Crippen LogP contribution in [0.25, 0.3) is 0 Å². The second-order valence-corrected chi connectivity index (χ2v) is 5.94. The van der Waals surface area contributed by atoms with Crippen LogP contribution in [0.15, 0.2) is 17.0 Å². The van der Waals surface area contributed by atoms with Crippen LogP contribution >= 0.6 is 0 Å². The second-order valence-electron chi connectivity index (χ2n) is 4.08. The Bertz CT molecular complexity index is 512. The predicted octanol–water partition coefficient (Wildman–Crippen LogP) is 0.939. The van der Waals surface area contributed by atoms with E-state index in [4.69, 9.17) is 10.5 Å². The molecule has 0 aliphatic heterocycles. The van der Waals surface area contributed by atoms with E-state index in [1.807, 2.05) is 6.92 Å². The van der Waals surface area contributed by atoms with E-state index in [1.54, 1.807) is 19.1 Å². The third-order valence-corrected chi connectivity index (χ3v) is 4.19. The van der Waals surface area contributed by atoms with Crippen LogP contribution < -0.4 is 15.2 Å². The van der Waals surface area contributed by atoms with Crippen LogP contribution in [-0.4, -0.2) is 28.6 Å². The molecule has 0 fully saturated rings. The molecular weight excluding hydrogens is 252 g/mol. The minimum atomic E-state index is -3.42. The van der Waals surface area contributed by atoms with Crippen molar-refractivity contribution in [3.63, 3.8) is 0 Å². The third-order valence-electron chi connectivity index (χ3n) is 2.64. The summed E-state index contributed by atoms with van der Waals surface area (Å²) in [4.78, 5) is 0.286.